The zero-order valence-electron chi connectivity index (χ0n) is 32.2. The van der Waals surface area contributed by atoms with Crippen LogP contribution >= 0.6 is 0 Å². The van der Waals surface area contributed by atoms with E-state index >= 15 is 0 Å². The first-order valence-corrected chi connectivity index (χ1v) is 20.2. The molecule has 0 heterocycles. The molecular weight excluding hydrogens is 672 g/mol. The van der Waals surface area contributed by atoms with E-state index in [2.05, 4.69) is 0 Å². The highest BCUT2D eigenvalue weighted by Gasteiger charge is 2.01. The number of aliphatic carboxylic acids is 6. The largest absolute Gasteiger partial charge is 0.481 e. The Morgan fingerprint density at radius 3 is 0.327 bits per heavy atom. The third-order valence-corrected chi connectivity index (χ3v) is 8.59. The Kier molecular flexibility index (Phi) is 45.0. The predicted molar refractivity (Wildman–Crippen MR) is 203 cm³/mol. The Balaban J connectivity index is -0.000000693. The first-order valence-electron chi connectivity index (χ1n) is 20.2. The molecule has 0 unspecified atom stereocenters. The fraction of sp³-hybridized carbons (Fsp3) is 0.850. The second-order valence-corrected chi connectivity index (χ2v) is 13.8. The molecule has 0 atom stereocenters. The second-order valence-electron chi connectivity index (χ2n) is 13.8. The number of hydrogen-bond acceptors (Lipinski definition) is 6. The van der Waals surface area contributed by atoms with Crippen molar-refractivity contribution in [2.75, 3.05) is 0 Å². The molecule has 12 heteroatoms. The minimum atomic E-state index is -0.705. The summed E-state index contributed by atoms with van der Waals surface area (Å²) in [6, 6.07) is 0. The lowest BCUT2D eigenvalue weighted by Gasteiger charge is -2.01. The Hall–Kier alpha value is -3.18. The van der Waals surface area contributed by atoms with Crippen molar-refractivity contribution in [3.05, 3.63) is 0 Å². The lowest BCUT2D eigenvalue weighted by molar-refractivity contribution is -0.138. The Morgan fingerprint density at radius 2 is 0.250 bits per heavy atom. The van der Waals surface area contributed by atoms with Crippen LogP contribution in [-0.4, -0.2) is 66.5 Å². The maximum Gasteiger partial charge on any atom is 0.303 e. The molecule has 0 radical (unpaired) electrons. The van der Waals surface area contributed by atoms with Gasteiger partial charge in [-0.1, -0.05) is 141 Å². The molecule has 0 aliphatic rings. The Bertz CT molecular complexity index is 761. The molecule has 0 saturated heterocycles. The summed E-state index contributed by atoms with van der Waals surface area (Å²) in [7, 11) is 0. The van der Waals surface area contributed by atoms with Gasteiger partial charge in [-0.15, -0.1) is 0 Å². The summed E-state index contributed by atoms with van der Waals surface area (Å²) < 4.78 is 0. The zero-order valence-corrected chi connectivity index (χ0v) is 32.2. The molecule has 0 aliphatic carbocycles. The smallest absolute Gasteiger partial charge is 0.303 e. The molecule has 0 amide bonds. The third kappa shape index (κ3) is 62.0. The number of carboxylic acids is 6. The quantitative estimate of drug-likeness (QED) is 0.0327. The molecule has 0 saturated carbocycles. The van der Waals surface area contributed by atoms with Gasteiger partial charge in [-0.2, -0.15) is 0 Å². The van der Waals surface area contributed by atoms with Crippen molar-refractivity contribution in [1.82, 2.24) is 0 Å². The molecular formula is C40H74O12. The maximum absolute atomic E-state index is 10.3. The molecule has 306 valence electrons. The van der Waals surface area contributed by atoms with Gasteiger partial charge in [0.25, 0.3) is 0 Å². The van der Waals surface area contributed by atoms with Crippen molar-refractivity contribution < 1.29 is 59.4 Å². The van der Waals surface area contributed by atoms with Crippen molar-refractivity contribution in [3.63, 3.8) is 0 Å². The summed E-state index contributed by atoms with van der Waals surface area (Å²) in [5, 5.41) is 50.6. The molecule has 0 aromatic carbocycles. The van der Waals surface area contributed by atoms with E-state index in [1.807, 2.05) is 0 Å². The number of hydrogen-bond donors (Lipinski definition) is 6. The van der Waals surface area contributed by atoms with E-state index in [0.717, 1.165) is 116 Å². The molecule has 0 bridgehead atoms. The van der Waals surface area contributed by atoms with Crippen LogP contribution in [0.25, 0.3) is 0 Å². The number of carbonyl (C=O) groups is 6. The average molecular weight is 747 g/mol. The zero-order chi connectivity index (χ0) is 39.5. The van der Waals surface area contributed by atoms with E-state index in [0.29, 0.717) is 12.8 Å². The van der Waals surface area contributed by atoms with Crippen molar-refractivity contribution in [3.8, 4) is 0 Å². The van der Waals surface area contributed by atoms with E-state index in [1.165, 1.54) is 64.2 Å². The lowest BCUT2D eigenvalue weighted by atomic mass is 10.1. The standard InChI is InChI=1S/C14H26O4.2C13H24O4/c15-13(16)11-9-7-5-3-1-2-4-6-8-10-12-14(17)18;2*14-12(15)10-8-6-4-2-1-3-5-7-9-11-13(16)17/h1-12H2,(H,15,16)(H,17,18);2*1-11H2,(H,14,15)(H,16,17). The summed E-state index contributed by atoms with van der Waals surface area (Å²) in [6.45, 7) is 0. The molecule has 6 N–H and O–H groups in total. The minimum Gasteiger partial charge on any atom is -0.481 e. The van der Waals surface area contributed by atoms with E-state index in [-0.39, 0.29) is 25.7 Å². The Morgan fingerprint density at radius 1 is 0.173 bits per heavy atom. The number of carboxylic acid groups (broad SMARTS) is 6. The van der Waals surface area contributed by atoms with Crippen molar-refractivity contribution >= 4 is 35.8 Å². The van der Waals surface area contributed by atoms with Crippen LogP contribution in [0.4, 0.5) is 0 Å². The van der Waals surface area contributed by atoms with Crippen LogP contribution in [0.5, 0.6) is 0 Å². The van der Waals surface area contributed by atoms with Crippen LogP contribution < -0.4 is 0 Å². The lowest BCUT2D eigenvalue weighted by Crippen LogP contribution is -1.94. The van der Waals surface area contributed by atoms with Gasteiger partial charge >= 0.3 is 35.8 Å². The molecule has 52 heavy (non-hydrogen) atoms. The third-order valence-electron chi connectivity index (χ3n) is 8.59. The van der Waals surface area contributed by atoms with Crippen molar-refractivity contribution in [2.24, 2.45) is 0 Å². The highest BCUT2D eigenvalue weighted by molar-refractivity contribution is 5.68. The van der Waals surface area contributed by atoms with Crippen LogP contribution in [0.3, 0.4) is 0 Å². The molecule has 0 fully saturated rings. The summed E-state index contributed by atoms with van der Waals surface area (Å²) in [4.78, 5) is 61.5. The van der Waals surface area contributed by atoms with Gasteiger partial charge in [-0.25, -0.2) is 0 Å². The fourth-order valence-corrected chi connectivity index (χ4v) is 5.55. The first kappa shape index (κ1) is 53.2. The second kappa shape index (κ2) is 44.0. The van der Waals surface area contributed by atoms with Crippen LogP contribution in [0.1, 0.15) is 218 Å². The monoisotopic (exact) mass is 747 g/mol. The summed E-state index contributed by atoms with van der Waals surface area (Å²) in [6.07, 6.45) is 31.1. The molecule has 0 aromatic rings. The average Bonchev–Trinajstić information content (AvgIpc) is 3.06. The topological polar surface area (TPSA) is 224 Å². The SMILES string of the molecule is O=C(O)CCCCCCCCCCCC(=O)O.O=C(O)CCCCCCCCCCCC(=O)O.O=C(O)CCCCCCCCCCCCC(=O)O. The van der Waals surface area contributed by atoms with Gasteiger partial charge in [0.2, 0.25) is 0 Å². The normalized spacial score (nSPS) is 10.4. The van der Waals surface area contributed by atoms with E-state index in [1.54, 1.807) is 0 Å². The van der Waals surface area contributed by atoms with Gasteiger partial charge in [0.1, 0.15) is 0 Å². The highest BCUT2D eigenvalue weighted by Crippen LogP contribution is 2.14. The van der Waals surface area contributed by atoms with Gasteiger partial charge in [-0.3, -0.25) is 28.8 Å². The van der Waals surface area contributed by atoms with Crippen LogP contribution in [-0.2, 0) is 28.8 Å². The van der Waals surface area contributed by atoms with Crippen LogP contribution in [0.2, 0.25) is 0 Å². The van der Waals surface area contributed by atoms with Gasteiger partial charge in [0.15, 0.2) is 0 Å². The summed E-state index contributed by atoms with van der Waals surface area (Å²) >= 11 is 0. The Labute approximate surface area is 313 Å². The maximum atomic E-state index is 10.3. The summed E-state index contributed by atoms with van der Waals surface area (Å²) in [5.74, 6) is -4.22. The van der Waals surface area contributed by atoms with Gasteiger partial charge in [0, 0.05) is 38.5 Å². The van der Waals surface area contributed by atoms with Crippen molar-refractivity contribution in [2.45, 2.75) is 218 Å². The van der Waals surface area contributed by atoms with Gasteiger partial charge < -0.3 is 30.6 Å². The molecule has 0 aromatic heterocycles. The molecule has 0 rings (SSSR count). The van der Waals surface area contributed by atoms with Crippen molar-refractivity contribution in [1.29, 1.82) is 0 Å². The summed E-state index contributed by atoms with van der Waals surface area (Å²) in [5.41, 5.74) is 0. The van der Waals surface area contributed by atoms with Crippen LogP contribution in [0, 0.1) is 0 Å². The van der Waals surface area contributed by atoms with Crippen LogP contribution in [0.15, 0.2) is 0 Å². The first-order chi connectivity index (χ1) is 24.9. The van der Waals surface area contributed by atoms with Gasteiger partial charge in [-0.05, 0) is 38.5 Å². The molecule has 0 aliphatic heterocycles. The highest BCUT2D eigenvalue weighted by atomic mass is 16.4. The van der Waals surface area contributed by atoms with Gasteiger partial charge in [0.05, 0.1) is 0 Å². The number of unbranched alkanes of at least 4 members (excludes halogenated alkanes) is 25. The fourth-order valence-electron chi connectivity index (χ4n) is 5.55. The van der Waals surface area contributed by atoms with E-state index in [4.69, 9.17) is 30.6 Å². The predicted octanol–water partition coefficient (Wildman–Crippen LogP) is 10.7. The number of rotatable bonds is 37. The molecule has 0 spiro atoms. The van der Waals surface area contributed by atoms with E-state index in [9.17, 15) is 28.8 Å². The molecule has 12 nitrogen and oxygen atoms in total. The minimum absolute atomic E-state index is 0.287. The van der Waals surface area contributed by atoms with E-state index < -0.39 is 35.8 Å².